The molecule has 4 nitrogen and oxygen atoms in total. The Kier molecular flexibility index (Phi) is 7.40. The van der Waals surface area contributed by atoms with Crippen LogP contribution in [0.2, 0.25) is 0 Å². The van der Waals surface area contributed by atoms with Gasteiger partial charge in [0.1, 0.15) is 0 Å². The van der Waals surface area contributed by atoms with Crippen molar-refractivity contribution in [2.75, 3.05) is 39.3 Å². The van der Waals surface area contributed by atoms with Crippen molar-refractivity contribution in [1.29, 1.82) is 0 Å². The molecule has 0 aromatic heterocycles. The summed E-state index contributed by atoms with van der Waals surface area (Å²) in [5, 5.41) is 6.89. The lowest BCUT2D eigenvalue weighted by Gasteiger charge is -2.17. The molecule has 2 atom stereocenters. The third-order valence-corrected chi connectivity index (χ3v) is 4.61. The van der Waals surface area contributed by atoms with Crippen LogP contribution in [0.3, 0.4) is 0 Å². The monoisotopic (exact) mass is 316 g/mol. The van der Waals surface area contributed by atoms with E-state index in [2.05, 4.69) is 66.6 Å². The molecule has 1 saturated heterocycles. The van der Waals surface area contributed by atoms with Gasteiger partial charge in [-0.2, -0.15) is 0 Å². The summed E-state index contributed by atoms with van der Waals surface area (Å²) in [6.07, 6.45) is 1.29. The molecule has 2 N–H and O–H groups in total. The van der Waals surface area contributed by atoms with Gasteiger partial charge in [0, 0.05) is 32.1 Å². The number of rotatable bonds is 7. The van der Waals surface area contributed by atoms with E-state index < -0.39 is 0 Å². The molecule has 4 heteroatoms. The van der Waals surface area contributed by atoms with Gasteiger partial charge in [-0.15, -0.1) is 0 Å². The largest absolute Gasteiger partial charge is 0.357 e. The predicted octanol–water partition coefficient (Wildman–Crippen LogP) is 2.69. The molecule has 2 unspecified atom stereocenters. The zero-order valence-corrected chi connectivity index (χ0v) is 14.9. The fourth-order valence-corrected chi connectivity index (χ4v) is 3.06. The molecule has 2 rings (SSSR count). The molecule has 0 bridgehead atoms. The Balaban J connectivity index is 1.82. The number of likely N-dealkylation sites (tertiary alicyclic amines) is 1. The zero-order chi connectivity index (χ0) is 16.5. The van der Waals surface area contributed by atoms with Crippen molar-refractivity contribution in [1.82, 2.24) is 15.5 Å². The molecule has 23 heavy (non-hydrogen) atoms. The van der Waals surface area contributed by atoms with Crippen LogP contribution >= 0.6 is 0 Å². The fraction of sp³-hybridized carbons (Fsp3) is 0.632. The van der Waals surface area contributed by atoms with Crippen LogP contribution in [0, 0.1) is 5.92 Å². The molecular weight excluding hydrogens is 284 g/mol. The Morgan fingerprint density at radius 3 is 2.70 bits per heavy atom. The minimum absolute atomic E-state index is 0.439. The van der Waals surface area contributed by atoms with Crippen LogP contribution < -0.4 is 10.6 Å². The van der Waals surface area contributed by atoms with E-state index in [1.807, 2.05) is 0 Å². The van der Waals surface area contributed by atoms with Crippen molar-refractivity contribution in [2.45, 2.75) is 33.1 Å². The molecule has 0 aliphatic carbocycles. The van der Waals surface area contributed by atoms with Crippen LogP contribution in [0.25, 0.3) is 0 Å². The molecule has 1 heterocycles. The second kappa shape index (κ2) is 9.56. The minimum atomic E-state index is 0.439. The quantitative estimate of drug-likeness (QED) is 0.600. The average Bonchev–Trinajstić information content (AvgIpc) is 3.06. The van der Waals surface area contributed by atoms with Crippen LogP contribution in [0.15, 0.2) is 35.3 Å². The summed E-state index contributed by atoms with van der Waals surface area (Å²) in [5.41, 5.74) is 1.35. The lowest BCUT2D eigenvalue weighted by atomic mass is 10.0. The number of hydrogen-bond acceptors (Lipinski definition) is 2. The highest BCUT2D eigenvalue weighted by Gasteiger charge is 2.21. The molecule has 1 aromatic rings. The van der Waals surface area contributed by atoms with Gasteiger partial charge in [-0.05, 0) is 37.9 Å². The van der Waals surface area contributed by atoms with Crippen molar-refractivity contribution < 1.29 is 0 Å². The van der Waals surface area contributed by atoms with Gasteiger partial charge in [-0.25, -0.2) is 0 Å². The molecule has 1 aliphatic heterocycles. The number of nitrogens with one attached hydrogen (secondary N) is 2. The van der Waals surface area contributed by atoms with Gasteiger partial charge in [0.25, 0.3) is 0 Å². The number of benzene rings is 1. The number of nitrogens with zero attached hydrogens (tertiary/aromatic N) is 2. The first-order valence-electron chi connectivity index (χ1n) is 9.02. The SMILES string of the molecule is CCNC(=NCC(C)c1ccccc1)NCC1CCN(CC)C1. The second-order valence-corrected chi connectivity index (χ2v) is 6.46. The van der Waals surface area contributed by atoms with Gasteiger partial charge >= 0.3 is 0 Å². The zero-order valence-electron chi connectivity index (χ0n) is 14.9. The van der Waals surface area contributed by atoms with Crippen LogP contribution in [0.5, 0.6) is 0 Å². The van der Waals surface area contributed by atoms with Crippen molar-refractivity contribution in [3.05, 3.63) is 35.9 Å². The Morgan fingerprint density at radius 1 is 1.26 bits per heavy atom. The molecule has 1 aromatic carbocycles. The van der Waals surface area contributed by atoms with Crippen molar-refractivity contribution in [3.8, 4) is 0 Å². The van der Waals surface area contributed by atoms with Crippen molar-refractivity contribution in [2.24, 2.45) is 10.9 Å². The molecule has 0 saturated carbocycles. The molecule has 1 fully saturated rings. The average molecular weight is 316 g/mol. The summed E-state index contributed by atoms with van der Waals surface area (Å²) < 4.78 is 0. The highest BCUT2D eigenvalue weighted by molar-refractivity contribution is 5.79. The number of hydrogen-bond donors (Lipinski definition) is 2. The Morgan fingerprint density at radius 2 is 2.04 bits per heavy atom. The Hall–Kier alpha value is -1.55. The van der Waals surface area contributed by atoms with Gasteiger partial charge in [-0.3, -0.25) is 4.99 Å². The van der Waals surface area contributed by atoms with Crippen molar-refractivity contribution >= 4 is 5.96 Å². The summed E-state index contributed by atoms with van der Waals surface area (Å²) in [7, 11) is 0. The van der Waals surface area contributed by atoms with Gasteiger partial charge in [0.15, 0.2) is 5.96 Å². The third kappa shape index (κ3) is 5.87. The first-order chi connectivity index (χ1) is 11.2. The van der Waals surface area contributed by atoms with E-state index >= 15 is 0 Å². The van der Waals surface area contributed by atoms with E-state index in [1.54, 1.807) is 0 Å². The molecule has 0 radical (unpaired) electrons. The van der Waals surface area contributed by atoms with Crippen LogP contribution in [0.4, 0.5) is 0 Å². The normalized spacial score (nSPS) is 20.5. The second-order valence-electron chi connectivity index (χ2n) is 6.46. The van der Waals surface area contributed by atoms with E-state index in [1.165, 1.54) is 31.6 Å². The predicted molar refractivity (Wildman–Crippen MR) is 99.1 cm³/mol. The van der Waals surface area contributed by atoms with Crippen LogP contribution in [-0.2, 0) is 0 Å². The van der Waals surface area contributed by atoms with Gasteiger partial charge in [-0.1, -0.05) is 44.2 Å². The smallest absolute Gasteiger partial charge is 0.191 e. The summed E-state index contributed by atoms with van der Waals surface area (Å²) >= 11 is 0. The molecule has 1 aliphatic rings. The standard InChI is InChI=1S/C19H32N4/c1-4-20-19(22-14-17-11-12-23(5-2)15-17)21-13-16(3)18-9-7-6-8-10-18/h6-10,16-17H,4-5,11-15H2,1-3H3,(H2,20,21,22). The van der Waals surface area contributed by atoms with Crippen LogP contribution in [-0.4, -0.2) is 50.1 Å². The molecule has 0 amide bonds. The number of aliphatic imine (C=N–C) groups is 1. The van der Waals surface area contributed by atoms with E-state index in [0.717, 1.165) is 31.5 Å². The van der Waals surface area contributed by atoms with E-state index in [0.29, 0.717) is 5.92 Å². The number of guanidine groups is 1. The van der Waals surface area contributed by atoms with E-state index in [4.69, 9.17) is 4.99 Å². The summed E-state index contributed by atoms with van der Waals surface area (Å²) in [6, 6.07) is 10.6. The summed E-state index contributed by atoms with van der Waals surface area (Å²) in [6.45, 7) is 12.9. The Labute approximate surface area is 141 Å². The molecule has 128 valence electrons. The maximum Gasteiger partial charge on any atom is 0.191 e. The molecule has 0 spiro atoms. The van der Waals surface area contributed by atoms with Crippen LogP contribution in [0.1, 0.15) is 38.7 Å². The summed E-state index contributed by atoms with van der Waals surface area (Å²) in [4.78, 5) is 7.29. The maximum absolute atomic E-state index is 4.77. The lowest BCUT2D eigenvalue weighted by Crippen LogP contribution is -2.40. The lowest BCUT2D eigenvalue weighted by molar-refractivity contribution is 0.342. The fourth-order valence-electron chi connectivity index (χ4n) is 3.06. The topological polar surface area (TPSA) is 39.7 Å². The first kappa shape index (κ1) is 17.8. The highest BCUT2D eigenvalue weighted by atomic mass is 15.2. The minimum Gasteiger partial charge on any atom is -0.357 e. The third-order valence-electron chi connectivity index (χ3n) is 4.61. The summed E-state index contributed by atoms with van der Waals surface area (Å²) in [5.74, 6) is 2.13. The molecular formula is C19H32N4. The van der Waals surface area contributed by atoms with Gasteiger partial charge in [0.05, 0.1) is 0 Å². The first-order valence-corrected chi connectivity index (χ1v) is 9.02. The van der Waals surface area contributed by atoms with Crippen molar-refractivity contribution in [3.63, 3.8) is 0 Å². The Bertz CT molecular complexity index is 472. The van der Waals surface area contributed by atoms with E-state index in [-0.39, 0.29) is 0 Å². The van der Waals surface area contributed by atoms with Gasteiger partial charge < -0.3 is 15.5 Å². The maximum atomic E-state index is 4.77. The van der Waals surface area contributed by atoms with Gasteiger partial charge in [0.2, 0.25) is 0 Å². The highest BCUT2D eigenvalue weighted by Crippen LogP contribution is 2.15. The van der Waals surface area contributed by atoms with E-state index in [9.17, 15) is 0 Å².